The Kier molecular flexibility index (Phi) is 5.86. The van der Waals surface area contributed by atoms with Crippen molar-refractivity contribution in [2.45, 2.75) is 23.4 Å². The van der Waals surface area contributed by atoms with Crippen LogP contribution in [0.15, 0.2) is 53.0 Å². The number of nitrogens with zero attached hydrogens (tertiary/aromatic N) is 4. The summed E-state index contributed by atoms with van der Waals surface area (Å²) < 4.78 is 0.759. The molecule has 0 radical (unpaired) electrons. The summed E-state index contributed by atoms with van der Waals surface area (Å²) in [4.78, 5) is 30.9. The van der Waals surface area contributed by atoms with Crippen molar-refractivity contribution in [3.8, 4) is 0 Å². The average molecular weight is 426 g/mol. The van der Waals surface area contributed by atoms with Crippen LogP contribution in [-0.4, -0.2) is 33.5 Å². The quantitative estimate of drug-likeness (QED) is 0.480. The minimum absolute atomic E-state index is 0.0436. The first kappa shape index (κ1) is 19.5. The molecule has 4 rings (SSSR count). The summed E-state index contributed by atoms with van der Waals surface area (Å²) in [6.45, 7) is 2.37. The second-order valence-electron chi connectivity index (χ2n) is 6.71. The lowest BCUT2D eigenvalue weighted by Crippen LogP contribution is -2.28. The largest absolute Gasteiger partial charge is 0.312 e. The molecule has 9 heteroatoms. The molecule has 2 amide bonds. The van der Waals surface area contributed by atoms with Crippen molar-refractivity contribution >= 4 is 45.7 Å². The van der Waals surface area contributed by atoms with Crippen molar-refractivity contribution in [2.24, 2.45) is 5.92 Å². The number of pyridine rings is 1. The lowest BCUT2D eigenvalue weighted by molar-refractivity contribution is -0.122. The van der Waals surface area contributed by atoms with Crippen LogP contribution in [0, 0.1) is 12.8 Å². The number of hydrogen-bond acceptors (Lipinski definition) is 7. The van der Waals surface area contributed by atoms with E-state index in [-0.39, 0.29) is 18.2 Å². The van der Waals surface area contributed by atoms with Crippen LogP contribution in [0.25, 0.3) is 0 Å². The molecule has 1 aliphatic rings. The van der Waals surface area contributed by atoms with Gasteiger partial charge in [-0.3, -0.25) is 14.6 Å². The van der Waals surface area contributed by atoms with Crippen LogP contribution in [0.1, 0.15) is 17.7 Å². The van der Waals surface area contributed by atoms with Crippen molar-refractivity contribution < 1.29 is 9.59 Å². The fourth-order valence-electron chi connectivity index (χ4n) is 3.00. The summed E-state index contributed by atoms with van der Waals surface area (Å²) in [7, 11) is 0. The number of aromatic nitrogens is 3. The minimum Gasteiger partial charge on any atom is -0.312 e. The maximum absolute atomic E-state index is 12.6. The Morgan fingerprint density at radius 3 is 2.83 bits per heavy atom. The van der Waals surface area contributed by atoms with Gasteiger partial charge in [0.2, 0.25) is 16.9 Å². The molecule has 148 valence electrons. The first-order valence-electron chi connectivity index (χ1n) is 9.12. The number of carbonyl (C=O) groups excluding carboxylic acids is 2. The van der Waals surface area contributed by atoms with E-state index in [9.17, 15) is 9.59 Å². The van der Waals surface area contributed by atoms with Crippen LogP contribution < -0.4 is 10.2 Å². The van der Waals surface area contributed by atoms with Crippen LogP contribution >= 0.6 is 23.1 Å². The molecule has 1 aliphatic heterocycles. The van der Waals surface area contributed by atoms with E-state index in [1.165, 1.54) is 23.1 Å². The molecule has 1 saturated heterocycles. The van der Waals surface area contributed by atoms with Gasteiger partial charge in [0.1, 0.15) is 0 Å². The molecular formula is C20H19N5O2S2. The lowest BCUT2D eigenvalue weighted by Gasteiger charge is -2.16. The maximum Gasteiger partial charge on any atom is 0.231 e. The van der Waals surface area contributed by atoms with Crippen LogP contribution in [-0.2, 0) is 15.3 Å². The first-order chi connectivity index (χ1) is 14.1. The molecule has 3 heterocycles. The number of benzene rings is 1. The van der Waals surface area contributed by atoms with Crippen molar-refractivity contribution in [2.75, 3.05) is 16.8 Å². The van der Waals surface area contributed by atoms with Gasteiger partial charge in [0.25, 0.3) is 0 Å². The van der Waals surface area contributed by atoms with E-state index in [4.69, 9.17) is 0 Å². The van der Waals surface area contributed by atoms with E-state index in [1.807, 2.05) is 49.4 Å². The van der Waals surface area contributed by atoms with Gasteiger partial charge in [0.05, 0.1) is 11.6 Å². The fourth-order valence-corrected chi connectivity index (χ4v) is 4.67. The molecule has 3 aromatic rings. The molecule has 29 heavy (non-hydrogen) atoms. The molecule has 7 nitrogen and oxygen atoms in total. The highest BCUT2D eigenvalue weighted by Crippen LogP contribution is 2.30. The third kappa shape index (κ3) is 4.80. The second-order valence-corrected chi connectivity index (χ2v) is 8.91. The average Bonchev–Trinajstić information content (AvgIpc) is 3.34. The summed E-state index contributed by atoms with van der Waals surface area (Å²) in [6.07, 6.45) is 1.95. The van der Waals surface area contributed by atoms with Crippen molar-refractivity contribution in [1.82, 2.24) is 15.2 Å². The van der Waals surface area contributed by atoms with E-state index < -0.39 is 5.92 Å². The number of anilines is 2. The highest BCUT2D eigenvalue weighted by atomic mass is 32.2. The molecule has 0 spiro atoms. The highest BCUT2D eigenvalue weighted by molar-refractivity contribution is 8.00. The number of amides is 2. The predicted octanol–water partition coefficient (Wildman–Crippen LogP) is 3.53. The van der Waals surface area contributed by atoms with Gasteiger partial charge in [-0.05, 0) is 31.2 Å². The van der Waals surface area contributed by atoms with Crippen LogP contribution in [0.3, 0.4) is 0 Å². The normalized spacial score (nSPS) is 16.2. The third-order valence-corrected chi connectivity index (χ3v) is 6.55. The molecule has 1 atom stereocenters. The van der Waals surface area contributed by atoms with Gasteiger partial charge >= 0.3 is 0 Å². The molecule has 1 unspecified atom stereocenters. The number of rotatable bonds is 6. The molecule has 1 N–H and O–H groups in total. The Hall–Kier alpha value is -2.78. The molecular weight excluding hydrogens is 406 g/mol. The first-order valence-corrected chi connectivity index (χ1v) is 10.9. The Balaban J connectivity index is 1.33. The smallest absolute Gasteiger partial charge is 0.231 e. The minimum atomic E-state index is -0.405. The summed E-state index contributed by atoms with van der Waals surface area (Å²) in [6, 6.07) is 13.5. The van der Waals surface area contributed by atoms with Crippen LogP contribution in [0.2, 0.25) is 0 Å². The summed E-state index contributed by atoms with van der Waals surface area (Å²) in [5, 5.41) is 11.4. The Morgan fingerprint density at radius 2 is 2.07 bits per heavy atom. The van der Waals surface area contributed by atoms with E-state index in [0.29, 0.717) is 17.4 Å². The summed E-state index contributed by atoms with van der Waals surface area (Å²) in [5.74, 6) is 0.0343. The molecule has 0 aliphatic carbocycles. The number of nitrogens with one attached hydrogen (secondary N) is 1. The number of carbonyl (C=O) groups is 2. The van der Waals surface area contributed by atoms with Gasteiger partial charge in [0.15, 0.2) is 4.34 Å². The topological polar surface area (TPSA) is 88.1 Å². The molecule has 0 bridgehead atoms. The zero-order valence-corrected chi connectivity index (χ0v) is 17.4. The maximum atomic E-state index is 12.6. The SMILES string of the molecule is Cc1ccc(N2CC(C(=O)Nc3nnc(SCc4ccccn4)s3)CC2=O)cc1. The van der Waals surface area contributed by atoms with Crippen molar-refractivity contribution in [1.29, 1.82) is 0 Å². The molecule has 1 aromatic carbocycles. The molecule has 0 saturated carbocycles. The van der Waals surface area contributed by atoms with Gasteiger partial charge in [-0.2, -0.15) is 0 Å². The summed E-state index contributed by atoms with van der Waals surface area (Å²) in [5.41, 5.74) is 2.90. The van der Waals surface area contributed by atoms with Crippen LogP contribution in [0.4, 0.5) is 10.8 Å². The zero-order valence-electron chi connectivity index (χ0n) is 15.7. The standard InChI is InChI=1S/C20H19N5O2S2/c1-13-5-7-16(8-6-13)25-11-14(10-17(25)26)18(27)22-19-23-24-20(29-19)28-12-15-4-2-3-9-21-15/h2-9,14H,10-12H2,1H3,(H,22,23,27). The highest BCUT2D eigenvalue weighted by Gasteiger charge is 2.35. The van der Waals surface area contributed by atoms with Gasteiger partial charge < -0.3 is 10.2 Å². The van der Waals surface area contributed by atoms with Crippen molar-refractivity contribution in [3.63, 3.8) is 0 Å². The summed E-state index contributed by atoms with van der Waals surface area (Å²) >= 11 is 2.84. The van der Waals surface area contributed by atoms with E-state index in [2.05, 4.69) is 20.5 Å². The third-order valence-electron chi connectivity index (χ3n) is 4.55. The molecule has 1 fully saturated rings. The zero-order chi connectivity index (χ0) is 20.2. The number of aryl methyl sites for hydroxylation is 1. The van der Waals surface area contributed by atoms with E-state index >= 15 is 0 Å². The van der Waals surface area contributed by atoms with Gasteiger partial charge in [0, 0.05) is 30.6 Å². The molecule has 2 aromatic heterocycles. The van der Waals surface area contributed by atoms with Crippen molar-refractivity contribution in [3.05, 3.63) is 59.9 Å². The predicted molar refractivity (Wildman–Crippen MR) is 114 cm³/mol. The van der Waals surface area contributed by atoms with Gasteiger partial charge in [-0.15, -0.1) is 10.2 Å². The number of hydrogen-bond donors (Lipinski definition) is 1. The second kappa shape index (κ2) is 8.71. The number of thioether (sulfide) groups is 1. The van der Waals surface area contributed by atoms with Gasteiger partial charge in [-0.25, -0.2) is 0 Å². The Bertz CT molecular complexity index is 1010. The monoisotopic (exact) mass is 425 g/mol. The van der Waals surface area contributed by atoms with Gasteiger partial charge in [-0.1, -0.05) is 46.9 Å². The van der Waals surface area contributed by atoms with E-state index in [0.717, 1.165) is 21.3 Å². The Morgan fingerprint density at radius 1 is 1.24 bits per heavy atom. The van der Waals surface area contributed by atoms with E-state index in [1.54, 1.807) is 11.1 Å². The van der Waals surface area contributed by atoms with Crippen LogP contribution in [0.5, 0.6) is 0 Å². The lowest BCUT2D eigenvalue weighted by atomic mass is 10.1. The Labute approximate surface area is 176 Å². The fraction of sp³-hybridized carbons (Fsp3) is 0.250.